The van der Waals surface area contributed by atoms with Gasteiger partial charge in [0.15, 0.2) is 5.13 Å². The molecule has 15 heteroatoms. The van der Waals surface area contributed by atoms with E-state index >= 15 is 0 Å². The highest BCUT2D eigenvalue weighted by Crippen LogP contribution is 2.43. The van der Waals surface area contributed by atoms with Gasteiger partial charge < -0.3 is 29.7 Å². The van der Waals surface area contributed by atoms with Gasteiger partial charge in [0.2, 0.25) is 19.1 Å². The zero-order valence-electron chi connectivity index (χ0n) is 20.0. The largest absolute Gasteiger partial charge is 0.427 e. The van der Waals surface area contributed by atoms with Crippen LogP contribution in [0.25, 0.3) is 0 Å². The van der Waals surface area contributed by atoms with E-state index in [1.165, 1.54) is 29.2 Å². The lowest BCUT2D eigenvalue weighted by atomic mass is 9.88. The monoisotopic (exact) mass is 542 g/mol. The quantitative estimate of drug-likeness (QED) is 0.102. The second-order valence-corrected chi connectivity index (χ2v) is 11.2. The molecule has 2 aliphatic heterocycles. The molecule has 0 radical (unpaired) electrons. The smallest absolute Gasteiger partial charge is 0.319 e. The van der Waals surface area contributed by atoms with E-state index < -0.39 is 58.6 Å². The number of ketones is 1. The minimum Gasteiger partial charge on any atom is -0.427 e. The zero-order valence-corrected chi connectivity index (χ0v) is 21.7. The van der Waals surface area contributed by atoms with Crippen molar-refractivity contribution in [1.29, 1.82) is 0 Å². The molecule has 0 aromatic carbocycles. The molecular weight excluding hydrogens is 516 g/mol. The maximum atomic E-state index is 12.9. The Balaban J connectivity index is 1.59. The van der Waals surface area contributed by atoms with Gasteiger partial charge in [-0.2, -0.15) is 0 Å². The number of hydrogen-bond acceptors (Lipinski definition) is 12. The summed E-state index contributed by atoms with van der Waals surface area (Å²) >= 11 is 2.21. The van der Waals surface area contributed by atoms with Crippen LogP contribution in [0.15, 0.2) is 5.38 Å². The lowest BCUT2D eigenvalue weighted by molar-refractivity contribution is -0.183. The van der Waals surface area contributed by atoms with Crippen LogP contribution in [0.1, 0.15) is 31.3 Å². The molecule has 0 saturated carbocycles. The van der Waals surface area contributed by atoms with Crippen molar-refractivity contribution in [3.8, 4) is 0 Å². The van der Waals surface area contributed by atoms with Crippen LogP contribution in [-0.2, 0) is 38.2 Å². The molecule has 36 heavy (non-hydrogen) atoms. The van der Waals surface area contributed by atoms with E-state index in [0.29, 0.717) is 6.41 Å². The van der Waals surface area contributed by atoms with Gasteiger partial charge in [-0.05, 0) is 20.8 Å². The Morgan fingerprint density at radius 1 is 1.28 bits per heavy atom. The highest BCUT2D eigenvalue weighted by atomic mass is 32.2. The number of Topliss-reactive ketones (excluding diaryl/α,β-unsaturated/α-hetero) is 1. The summed E-state index contributed by atoms with van der Waals surface area (Å²) < 4.78 is 15.4. The van der Waals surface area contributed by atoms with Gasteiger partial charge in [0, 0.05) is 24.8 Å². The van der Waals surface area contributed by atoms with E-state index in [-0.39, 0.29) is 29.7 Å². The van der Waals surface area contributed by atoms with Crippen LogP contribution in [0.4, 0.5) is 5.13 Å². The van der Waals surface area contributed by atoms with Crippen LogP contribution in [0.2, 0.25) is 0 Å². The Hall–Kier alpha value is -3.04. The number of carbonyl (C=O) groups excluding carboxylic acids is 6. The molecule has 3 rings (SSSR count). The number of esters is 2. The molecule has 2 aliphatic rings. The van der Waals surface area contributed by atoms with E-state index in [4.69, 9.17) is 14.2 Å². The highest BCUT2D eigenvalue weighted by molar-refractivity contribution is 8.00. The topological polar surface area (TPSA) is 170 Å². The predicted octanol–water partition coefficient (Wildman–Crippen LogP) is 0.0168. The predicted molar refractivity (Wildman–Crippen MR) is 127 cm³/mol. The van der Waals surface area contributed by atoms with Crippen LogP contribution >= 0.6 is 23.1 Å². The first-order valence-electron chi connectivity index (χ1n) is 10.7. The van der Waals surface area contributed by atoms with Crippen LogP contribution in [-0.4, -0.2) is 90.1 Å². The second kappa shape index (κ2) is 10.9. The van der Waals surface area contributed by atoms with E-state index in [9.17, 15) is 28.8 Å². The zero-order chi connectivity index (χ0) is 26.7. The fourth-order valence-corrected chi connectivity index (χ4v) is 5.67. The first kappa shape index (κ1) is 27.5. The van der Waals surface area contributed by atoms with E-state index in [1.807, 2.05) is 0 Å². The fourth-order valence-electron chi connectivity index (χ4n) is 3.50. The number of thioether (sulfide) groups is 1. The number of ether oxygens (including phenoxy) is 3. The molecule has 2 N–H and O–H groups in total. The standard InChI is InChI=1S/C21H26N4O9S2/c1-20(2,3)17(30)33-10-34-18(31)21(7-32-4)6-25-15(29)12(16(25)36-8-21)24-14(28)13(27)11-5-35-19(23-11)22-9-26/h5,9,12,16H,6-8,10H2,1-4H3,(H,24,28)(H,22,23,26)/t12?,16-,21?/m1/s1. The molecular formula is C21H26N4O9S2. The van der Waals surface area contributed by atoms with Crippen molar-refractivity contribution in [3.63, 3.8) is 0 Å². The van der Waals surface area contributed by atoms with Crippen molar-refractivity contribution in [3.05, 3.63) is 11.1 Å². The number of methoxy groups -OCH3 is 1. The number of carbonyl (C=O) groups is 6. The number of hydrogen-bond donors (Lipinski definition) is 2. The molecule has 0 bridgehead atoms. The third kappa shape index (κ3) is 5.68. The van der Waals surface area contributed by atoms with Crippen LogP contribution in [0, 0.1) is 10.8 Å². The summed E-state index contributed by atoms with van der Waals surface area (Å²) in [5.74, 6) is -3.44. The van der Waals surface area contributed by atoms with Gasteiger partial charge in [0.1, 0.15) is 22.5 Å². The third-order valence-electron chi connectivity index (χ3n) is 5.40. The van der Waals surface area contributed by atoms with E-state index in [2.05, 4.69) is 15.6 Å². The van der Waals surface area contributed by atoms with Crippen molar-refractivity contribution in [2.45, 2.75) is 32.2 Å². The van der Waals surface area contributed by atoms with Crippen LogP contribution < -0.4 is 10.6 Å². The second-order valence-electron chi connectivity index (χ2n) is 9.19. The Kier molecular flexibility index (Phi) is 8.36. The Morgan fingerprint density at radius 2 is 2.00 bits per heavy atom. The summed E-state index contributed by atoms with van der Waals surface area (Å²) in [6.07, 6.45) is 0.396. The van der Waals surface area contributed by atoms with Crippen molar-refractivity contribution in [1.82, 2.24) is 15.2 Å². The highest BCUT2D eigenvalue weighted by Gasteiger charge is 2.58. The van der Waals surface area contributed by atoms with Gasteiger partial charge in [-0.25, -0.2) is 4.98 Å². The van der Waals surface area contributed by atoms with Crippen molar-refractivity contribution < 1.29 is 43.0 Å². The maximum absolute atomic E-state index is 12.9. The average molecular weight is 543 g/mol. The number of fused-ring (bicyclic) bond motifs is 1. The summed E-state index contributed by atoms with van der Waals surface area (Å²) in [5, 5.41) is 5.70. The van der Waals surface area contributed by atoms with Crippen molar-refractivity contribution in [2.24, 2.45) is 10.8 Å². The molecule has 2 unspecified atom stereocenters. The molecule has 3 atom stereocenters. The van der Waals surface area contributed by atoms with Gasteiger partial charge in [-0.3, -0.25) is 28.8 Å². The third-order valence-corrected chi connectivity index (χ3v) is 7.76. The van der Waals surface area contributed by atoms with Crippen molar-refractivity contribution >= 4 is 64.2 Å². The summed E-state index contributed by atoms with van der Waals surface area (Å²) in [6.45, 7) is 4.36. The molecule has 1 aromatic heterocycles. The number of aromatic nitrogens is 1. The Morgan fingerprint density at radius 3 is 2.64 bits per heavy atom. The molecule has 13 nitrogen and oxygen atoms in total. The van der Waals surface area contributed by atoms with Gasteiger partial charge in [-0.15, -0.1) is 23.1 Å². The molecule has 1 aromatic rings. The molecule has 196 valence electrons. The van der Waals surface area contributed by atoms with E-state index in [0.717, 1.165) is 11.3 Å². The average Bonchev–Trinajstić information content (AvgIpc) is 3.30. The maximum Gasteiger partial charge on any atom is 0.319 e. The lowest BCUT2D eigenvalue weighted by Gasteiger charge is -2.53. The van der Waals surface area contributed by atoms with Crippen LogP contribution in [0.5, 0.6) is 0 Å². The minimum absolute atomic E-state index is 0.0312. The first-order chi connectivity index (χ1) is 16.9. The molecule has 2 fully saturated rings. The molecule has 0 aliphatic carbocycles. The molecule has 2 saturated heterocycles. The number of nitrogens with one attached hydrogen (secondary N) is 2. The van der Waals surface area contributed by atoms with Gasteiger partial charge in [0.05, 0.1) is 12.0 Å². The SMILES string of the molecule is COCC1(C(=O)OCOC(=O)C(C)(C)C)CS[C@@H]2C(NC(=O)C(=O)c3csc(NC=O)n3)C(=O)N2C1. The first-order valence-corrected chi connectivity index (χ1v) is 12.6. The van der Waals surface area contributed by atoms with E-state index in [1.54, 1.807) is 20.8 Å². The Bertz CT molecular complexity index is 1070. The molecule has 3 heterocycles. The Labute approximate surface area is 214 Å². The number of β-lactam (4-membered cyclic amide) rings is 1. The van der Waals surface area contributed by atoms with Gasteiger partial charge in [-0.1, -0.05) is 0 Å². The summed E-state index contributed by atoms with van der Waals surface area (Å²) in [6, 6.07) is -0.957. The number of thiazole rings is 1. The number of amides is 3. The molecule has 0 spiro atoms. The molecule has 3 amide bonds. The van der Waals surface area contributed by atoms with Gasteiger partial charge in [0.25, 0.3) is 11.7 Å². The van der Waals surface area contributed by atoms with Crippen LogP contribution in [0.3, 0.4) is 0 Å². The lowest BCUT2D eigenvalue weighted by Crippen LogP contribution is -2.74. The number of nitrogens with zero attached hydrogens (tertiary/aromatic N) is 2. The fraction of sp³-hybridized carbons (Fsp3) is 0.571. The number of anilines is 1. The summed E-state index contributed by atoms with van der Waals surface area (Å²) in [5.41, 5.74) is -2.12. The summed E-state index contributed by atoms with van der Waals surface area (Å²) in [4.78, 5) is 78.1. The van der Waals surface area contributed by atoms with Crippen molar-refractivity contribution in [2.75, 3.05) is 38.1 Å². The van der Waals surface area contributed by atoms with Gasteiger partial charge >= 0.3 is 11.9 Å². The number of rotatable bonds is 10. The normalized spacial score (nSPS) is 23.1. The minimum atomic E-state index is -1.20. The summed E-state index contributed by atoms with van der Waals surface area (Å²) in [7, 11) is 1.41.